The molecule has 2 fully saturated rings. The average Bonchev–Trinajstić information content (AvgIpc) is 3.20. The van der Waals surface area contributed by atoms with Crippen LogP contribution in [0, 0.1) is 11.7 Å². The number of amides is 1. The van der Waals surface area contributed by atoms with Gasteiger partial charge in [-0.2, -0.15) is 0 Å². The minimum atomic E-state index is -0.231. The fourth-order valence-corrected chi connectivity index (χ4v) is 5.63. The van der Waals surface area contributed by atoms with E-state index in [2.05, 4.69) is 61.5 Å². The molecule has 2 unspecified atom stereocenters. The number of likely N-dealkylation sites (tertiary alicyclic amines) is 1. The molecule has 178 valence electrons. The van der Waals surface area contributed by atoms with Crippen LogP contribution in [0.5, 0.6) is 0 Å². The van der Waals surface area contributed by atoms with Gasteiger partial charge in [0.25, 0.3) is 0 Å². The Morgan fingerprint density at radius 2 is 1.48 bits per heavy atom. The Hall–Kier alpha value is -2.11. The minimum Gasteiger partial charge on any atom is -0.363 e. The van der Waals surface area contributed by atoms with Crippen molar-refractivity contribution in [1.82, 2.24) is 9.80 Å². The van der Waals surface area contributed by atoms with Gasteiger partial charge in [0.05, 0.1) is 5.92 Å². The van der Waals surface area contributed by atoms with Crippen molar-refractivity contribution in [1.29, 1.82) is 0 Å². The van der Waals surface area contributed by atoms with Crippen molar-refractivity contribution < 1.29 is 9.18 Å². The van der Waals surface area contributed by atoms with Gasteiger partial charge in [0.1, 0.15) is 5.82 Å². The zero-order chi connectivity index (χ0) is 23.9. The summed E-state index contributed by atoms with van der Waals surface area (Å²) in [7, 11) is 0. The number of carbonyl (C=O) groups is 1. The van der Waals surface area contributed by atoms with Crippen LogP contribution in [-0.2, 0) is 4.79 Å². The Balaban J connectivity index is 1.55. The number of halogens is 2. The third kappa shape index (κ3) is 5.04. The van der Waals surface area contributed by atoms with Gasteiger partial charge < -0.3 is 9.80 Å². The molecule has 4 nitrogen and oxygen atoms in total. The lowest BCUT2D eigenvalue weighted by Gasteiger charge is -2.46. The molecule has 0 radical (unpaired) electrons. The van der Waals surface area contributed by atoms with Gasteiger partial charge in [-0.3, -0.25) is 9.69 Å². The van der Waals surface area contributed by atoms with E-state index in [-0.39, 0.29) is 41.2 Å². The van der Waals surface area contributed by atoms with Crippen LogP contribution in [0.3, 0.4) is 0 Å². The van der Waals surface area contributed by atoms with Crippen LogP contribution in [-0.4, -0.2) is 59.5 Å². The molecule has 2 aromatic carbocycles. The fraction of sp³-hybridized carbons (Fsp3) is 0.519. The molecule has 2 aliphatic heterocycles. The maximum Gasteiger partial charge on any atom is 0.227 e. The van der Waals surface area contributed by atoms with E-state index in [0.29, 0.717) is 18.1 Å². The summed E-state index contributed by atoms with van der Waals surface area (Å²) in [5.74, 6) is 0.0711. The molecule has 2 saturated heterocycles. The number of carbonyl (C=O) groups excluding carboxylic acids is 1. The number of hydrogen-bond donors (Lipinski definition) is 0. The predicted octanol–water partition coefficient (Wildman–Crippen LogP) is 5.42. The van der Waals surface area contributed by atoms with Gasteiger partial charge in [0.15, 0.2) is 0 Å². The van der Waals surface area contributed by atoms with Gasteiger partial charge in [0, 0.05) is 60.4 Å². The van der Waals surface area contributed by atoms with Gasteiger partial charge in [-0.25, -0.2) is 4.39 Å². The van der Waals surface area contributed by atoms with E-state index < -0.39 is 0 Å². The highest BCUT2D eigenvalue weighted by Crippen LogP contribution is 2.38. The number of nitrogens with zero attached hydrogens (tertiary/aromatic N) is 3. The van der Waals surface area contributed by atoms with Crippen LogP contribution in [0.15, 0.2) is 48.5 Å². The Labute approximate surface area is 202 Å². The van der Waals surface area contributed by atoms with Crippen molar-refractivity contribution in [2.75, 3.05) is 31.1 Å². The van der Waals surface area contributed by atoms with E-state index in [0.717, 1.165) is 18.8 Å². The number of benzene rings is 2. The summed E-state index contributed by atoms with van der Waals surface area (Å²) in [5, 5.41) is 0.715. The van der Waals surface area contributed by atoms with E-state index in [9.17, 15) is 9.18 Å². The van der Waals surface area contributed by atoms with Crippen LogP contribution >= 0.6 is 11.6 Å². The second kappa shape index (κ2) is 9.27. The van der Waals surface area contributed by atoms with Crippen LogP contribution in [0.1, 0.15) is 46.1 Å². The molecule has 4 rings (SSSR count). The number of anilines is 1. The first kappa shape index (κ1) is 24.0. The Morgan fingerprint density at radius 1 is 0.909 bits per heavy atom. The molecule has 6 heteroatoms. The summed E-state index contributed by atoms with van der Waals surface area (Å²) >= 11 is 6.13. The van der Waals surface area contributed by atoms with E-state index in [1.165, 1.54) is 17.7 Å². The molecule has 0 aliphatic carbocycles. The van der Waals surface area contributed by atoms with Crippen LogP contribution in [0.4, 0.5) is 10.1 Å². The quantitative estimate of drug-likeness (QED) is 0.598. The van der Waals surface area contributed by atoms with Crippen molar-refractivity contribution in [2.45, 2.75) is 58.2 Å². The summed E-state index contributed by atoms with van der Waals surface area (Å²) < 4.78 is 13.4. The van der Waals surface area contributed by atoms with Gasteiger partial charge >= 0.3 is 0 Å². The van der Waals surface area contributed by atoms with E-state index in [4.69, 9.17) is 11.6 Å². The lowest BCUT2D eigenvalue weighted by Crippen LogP contribution is -2.59. The lowest BCUT2D eigenvalue weighted by atomic mass is 9.87. The molecule has 2 aliphatic rings. The van der Waals surface area contributed by atoms with Crippen LogP contribution in [0.2, 0.25) is 5.02 Å². The van der Waals surface area contributed by atoms with Crippen LogP contribution in [0.25, 0.3) is 0 Å². The predicted molar refractivity (Wildman–Crippen MR) is 133 cm³/mol. The molecular weight excluding hydrogens is 437 g/mol. The fourth-order valence-electron chi connectivity index (χ4n) is 5.51. The van der Waals surface area contributed by atoms with Crippen LogP contribution < -0.4 is 4.90 Å². The highest BCUT2D eigenvalue weighted by atomic mass is 35.5. The monoisotopic (exact) mass is 471 g/mol. The summed E-state index contributed by atoms with van der Waals surface area (Å²) in [6.45, 7) is 13.9. The largest absolute Gasteiger partial charge is 0.363 e. The zero-order valence-electron chi connectivity index (χ0n) is 20.3. The molecule has 0 aromatic heterocycles. The SMILES string of the molecule is C[C@@H]1CN(C(=O)C2CN(C(C)(C)C)CC2c2ccc(Cl)cc2)C[C@H](C)N1c1ccc(F)cc1. The molecule has 4 atom stereocenters. The normalized spacial score (nSPS) is 26.6. The standard InChI is InChI=1S/C27H35ClFN3O/c1-18-14-30(15-19(2)32(18)23-12-10-22(29)11-13-23)26(33)25-17-31(27(3,4)5)16-24(25)20-6-8-21(28)9-7-20/h6-13,18-19,24-25H,14-17H2,1-5H3/t18-,19+,24?,25?. The van der Waals surface area contributed by atoms with Gasteiger partial charge in [-0.15, -0.1) is 0 Å². The van der Waals surface area contributed by atoms with Crippen molar-refractivity contribution >= 4 is 23.2 Å². The van der Waals surface area contributed by atoms with Crippen molar-refractivity contribution in [3.8, 4) is 0 Å². The second-order valence-electron chi connectivity index (χ2n) is 10.7. The maximum atomic E-state index is 13.9. The average molecular weight is 472 g/mol. The van der Waals surface area contributed by atoms with E-state index in [1.54, 1.807) is 0 Å². The first-order valence-electron chi connectivity index (χ1n) is 11.9. The van der Waals surface area contributed by atoms with Crippen molar-refractivity contribution in [3.63, 3.8) is 0 Å². The highest BCUT2D eigenvalue weighted by Gasteiger charge is 2.45. The topological polar surface area (TPSA) is 26.8 Å². The van der Waals surface area contributed by atoms with E-state index in [1.807, 2.05) is 24.3 Å². The van der Waals surface area contributed by atoms with Crippen molar-refractivity contribution in [3.05, 3.63) is 64.9 Å². The smallest absolute Gasteiger partial charge is 0.227 e. The molecule has 33 heavy (non-hydrogen) atoms. The molecule has 0 bridgehead atoms. The second-order valence-corrected chi connectivity index (χ2v) is 11.1. The third-order valence-electron chi connectivity index (χ3n) is 7.24. The molecular formula is C27H35ClFN3O. The Bertz CT molecular complexity index is 960. The number of rotatable bonds is 3. The Morgan fingerprint density at radius 3 is 2.03 bits per heavy atom. The molecule has 2 aromatic rings. The first-order valence-corrected chi connectivity index (χ1v) is 12.3. The number of hydrogen-bond acceptors (Lipinski definition) is 3. The van der Waals surface area contributed by atoms with Gasteiger partial charge in [-0.05, 0) is 76.6 Å². The zero-order valence-corrected chi connectivity index (χ0v) is 21.0. The molecule has 1 amide bonds. The molecule has 0 saturated carbocycles. The third-order valence-corrected chi connectivity index (χ3v) is 7.49. The lowest BCUT2D eigenvalue weighted by molar-refractivity contribution is -0.137. The first-order chi connectivity index (χ1) is 15.5. The molecule has 2 heterocycles. The van der Waals surface area contributed by atoms with E-state index >= 15 is 0 Å². The molecule has 0 spiro atoms. The summed E-state index contributed by atoms with van der Waals surface area (Å²) in [5.41, 5.74) is 2.18. The summed E-state index contributed by atoms with van der Waals surface area (Å²) in [6, 6.07) is 14.9. The van der Waals surface area contributed by atoms with Gasteiger partial charge in [0.2, 0.25) is 5.91 Å². The minimum absolute atomic E-state index is 0.00156. The summed E-state index contributed by atoms with van der Waals surface area (Å²) in [4.78, 5) is 20.7. The maximum absolute atomic E-state index is 13.9. The highest BCUT2D eigenvalue weighted by molar-refractivity contribution is 6.30. The Kier molecular flexibility index (Phi) is 6.75. The molecule has 0 N–H and O–H groups in total. The van der Waals surface area contributed by atoms with Gasteiger partial charge in [-0.1, -0.05) is 23.7 Å². The summed E-state index contributed by atoms with van der Waals surface area (Å²) in [6.07, 6.45) is 0. The van der Waals surface area contributed by atoms with Crippen molar-refractivity contribution in [2.24, 2.45) is 5.92 Å². The number of piperazine rings is 1.